The normalized spacial score (nSPS) is 19.6. The number of hydrogen-bond donors (Lipinski definition) is 0. The van der Waals surface area contributed by atoms with Crippen LogP contribution in [0, 0.1) is 0 Å². The summed E-state index contributed by atoms with van der Waals surface area (Å²) in [4.78, 5) is 32.8. The first-order chi connectivity index (χ1) is 14.4. The van der Waals surface area contributed by atoms with Gasteiger partial charge in [0.15, 0.2) is 5.16 Å². The molecule has 0 saturated carbocycles. The number of rotatable bonds is 8. The van der Waals surface area contributed by atoms with Gasteiger partial charge in [-0.1, -0.05) is 23.9 Å². The van der Waals surface area contributed by atoms with Gasteiger partial charge in [-0.05, 0) is 65.5 Å². The summed E-state index contributed by atoms with van der Waals surface area (Å²) >= 11 is 1.37. The first kappa shape index (κ1) is 22.8. The summed E-state index contributed by atoms with van der Waals surface area (Å²) in [7, 11) is 0. The van der Waals surface area contributed by atoms with E-state index in [2.05, 4.69) is 13.8 Å². The highest BCUT2D eigenvalue weighted by molar-refractivity contribution is 7.99. The molecular weight excluding hydrogens is 398 g/mol. The minimum atomic E-state index is -0.0557. The fourth-order valence-electron chi connectivity index (χ4n) is 4.11. The van der Waals surface area contributed by atoms with E-state index >= 15 is 0 Å². The molecule has 1 saturated heterocycles. The Morgan fingerprint density at radius 2 is 1.93 bits per heavy atom. The molecule has 2 heterocycles. The Hall–Kier alpha value is -1.86. The molecule has 0 N–H and O–H groups in total. The van der Waals surface area contributed by atoms with E-state index in [1.165, 1.54) is 18.2 Å². The maximum absolute atomic E-state index is 13.1. The molecule has 0 aliphatic carbocycles. The van der Waals surface area contributed by atoms with E-state index in [4.69, 9.17) is 9.72 Å². The molecule has 164 valence electrons. The Kier molecular flexibility index (Phi) is 7.94. The second-order valence-corrected chi connectivity index (χ2v) is 9.30. The van der Waals surface area contributed by atoms with Crippen molar-refractivity contribution in [3.8, 4) is 0 Å². The number of nitrogens with zero attached hydrogens (tertiary/aromatic N) is 3. The lowest BCUT2D eigenvalue weighted by molar-refractivity contribution is -0.134. The SMILES string of the molecule is CC(C)OCCCn1c(SCC(=O)N2C(C)CCCC2C)nc2ccccc2c1=O. The van der Waals surface area contributed by atoms with Crippen LogP contribution in [-0.2, 0) is 16.1 Å². The average molecular weight is 432 g/mol. The van der Waals surface area contributed by atoms with E-state index in [1.54, 1.807) is 4.57 Å². The van der Waals surface area contributed by atoms with Crippen LogP contribution in [0.1, 0.15) is 53.4 Å². The van der Waals surface area contributed by atoms with E-state index in [0.717, 1.165) is 19.3 Å². The Morgan fingerprint density at radius 1 is 1.23 bits per heavy atom. The van der Waals surface area contributed by atoms with Crippen molar-refractivity contribution >= 4 is 28.6 Å². The lowest BCUT2D eigenvalue weighted by Crippen LogP contribution is -2.48. The Morgan fingerprint density at radius 3 is 2.63 bits per heavy atom. The lowest BCUT2D eigenvalue weighted by atomic mass is 9.98. The summed E-state index contributed by atoms with van der Waals surface area (Å²) < 4.78 is 7.33. The number of carbonyl (C=O) groups excluding carboxylic acids is 1. The van der Waals surface area contributed by atoms with Gasteiger partial charge in [-0.3, -0.25) is 14.2 Å². The molecular formula is C23H33N3O3S. The number of fused-ring (bicyclic) bond motifs is 1. The van der Waals surface area contributed by atoms with Gasteiger partial charge >= 0.3 is 0 Å². The summed E-state index contributed by atoms with van der Waals surface area (Å²) in [6.45, 7) is 9.35. The predicted octanol–water partition coefficient (Wildman–Crippen LogP) is 4.09. The number of amides is 1. The van der Waals surface area contributed by atoms with Gasteiger partial charge in [-0.2, -0.15) is 0 Å². The smallest absolute Gasteiger partial charge is 0.262 e. The number of aromatic nitrogens is 2. The van der Waals surface area contributed by atoms with E-state index in [9.17, 15) is 9.59 Å². The second kappa shape index (κ2) is 10.4. The summed E-state index contributed by atoms with van der Waals surface area (Å²) in [5.74, 6) is 0.416. The monoisotopic (exact) mass is 431 g/mol. The molecule has 6 nitrogen and oxygen atoms in total. The molecule has 0 bridgehead atoms. The first-order valence-electron chi connectivity index (χ1n) is 10.9. The number of thioether (sulfide) groups is 1. The van der Waals surface area contributed by atoms with Gasteiger partial charge in [-0.15, -0.1) is 0 Å². The van der Waals surface area contributed by atoms with Crippen molar-refractivity contribution < 1.29 is 9.53 Å². The van der Waals surface area contributed by atoms with Crippen LogP contribution in [0.2, 0.25) is 0 Å². The summed E-state index contributed by atoms with van der Waals surface area (Å²) in [5.41, 5.74) is 0.617. The van der Waals surface area contributed by atoms with Crippen molar-refractivity contribution in [1.82, 2.24) is 14.5 Å². The van der Waals surface area contributed by atoms with Crippen LogP contribution in [0.25, 0.3) is 10.9 Å². The summed E-state index contributed by atoms with van der Waals surface area (Å²) in [6, 6.07) is 7.93. The third-order valence-electron chi connectivity index (χ3n) is 5.61. The lowest BCUT2D eigenvalue weighted by Gasteiger charge is -2.39. The molecule has 2 unspecified atom stereocenters. The predicted molar refractivity (Wildman–Crippen MR) is 122 cm³/mol. The van der Waals surface area contributed by atoms with Crippen molar-refractivity contribution in [2.75, 3.05) is 12.4 Å². The Balaban J connectivity index is 1.79. The van der Waals surface area contributed by atoms with Crippen LogP contribution < -0.4 is 5.56 Å². The molecule has 2 atom stereocenters. The molecule has 0 radical (unpaired) electrons. The van der Waals surface area contributed by atoms with Gasteiger partial charge < -0.3 is 9.64 Å². The standard InChI is InChI=1S/C23H33N3O3S/c1-16(2)29-14-8-13-25-22(28)19-11-5-6-12-20(19)24-23(25)30-15-21(27)26-17(3)9-7-10-18(26)4/h5-6,11-12,16-18H,7-10,13-15H2,1-4H3. The molecule has 1 amide bonds. The van der Waals surface area contributed by atoms with Crippen molar-refractivity contribution in [2.24, 2.45) is 0 Å². The summed E-state index contributed by atoms with van der Waals surface area (Å²) in [5, 5.41) is 1.21. The minimum Gasteiger partial charge on any atom is -0.379 e. The number of benzene rings is 1. The van der Waals surface area contributed by atoms with Crippen molar-refractivity contribution in [1.29, 1.82) is 0 Å². The van der Waals surface area contributed by atoms with E-state index in [-0.39, 0.29) is 29.7 Å². The highest BCUT2D eigenvalue weighted by atomic mass is 32.2. The van der Waals surface area contributed by atoms with Gasteiger partial charge in [0.25, 0.3) is 5.56 Å². The third-order valence-corrected chi connectivity index (χ3v) is 6.57. The van der Waals surface area contributed by atoms with Crippen LogP contribution in [0.5, 0.6) is 0 Å². The molecule has 1 aromatic heterocycles. The van der Waals surface area contributed by atoms with E-state index in [0.29, 0.717) is 35.0 Å². The largest absolute Gasteiger partial charge is 0.379 e. The average Bonchev–Trinajstić information content (AvgIpc) is 2.71. The second-order valence-electron chi connectivity index (χ2n) is 8.36. The third kappa shape index (κ3) is 5.43. The number of hydrogen-bond acceptors (Lipinski definition) is 5. The topological polar surface area (TPSA) is 64.4 Å². The van der Waals surface area contributed by atoms with Crippen molar-refractivity contribution in [2.45, 2.75) is 83.3 Å². The van der Waals surface area contributed by atoms with Crippen LogP contribution in [0.15, 0.2) is 34.2 Å². The maximum atomic E-state index is 13.1. The Bertz CT molecular complexity index is 918. The number of piperidine rings is 1. The van der Waals surface area contributed by atoms with Crippen LogP contribution in [0.3, 0.4) is 0 Å². The van der Waals surface area contributed by atoms with Gasteiger partial charge in [0.2, 0.25) is 5.91 Å². The molecule has 7 heteroatoms. The molecule has 2 aromatic rings. The Labute approximate surface area is 183 Å². The van der Waals surface area contributed by atoms with Gasteiger partial charge in [0.1, 0.15) is 0 Å². The van der Waals surface area contributed by atoms with Gasteiger partial charge in [-0.25, -0.2) is 4.98 Å². The molecule has 1 aliphatic rings. The number of carbonyl (C=O) groups is 1. The molecule has 0 spiro atoms. The quantitative estimate of drug-likeness (QED) is 0.358. The van der Waals surface area contributed by atoms with Gasteiger partial charge in [0, 0.05) is 25.2 Å². The zero-order valence-electron chi connectivity index (χ0n) is 18.5. The fourth-order valence-corrected chi connectivity index (χ4v) is 5.01. The molecule has 1 aliphatic heterocycles. The number of ether oxygens (including phenoxy) is 1. The molecule has 3 rings (SSSR count). The number of para-hydroxylation sites is 1. The zero-order chi connectivity index (χ0) is 21.7. The fraction of sp³-hybridized carbons (Fsp3) is 0.609. The molecule has 30 heavy (non-hydrogen) atoms. The highest BCUT2D eigenvalue weighted by Gasteiger charge is 2.29. The maximum Gasteiger partial charge on any atom is 0.262 e. The van der Waals surface area contributed by atoms with E-state index in [1.807, 2.05) is 43.0 Å². The number of likely N-dealkylation sites (tertiary alicyclic amines) is 1. The van der Waals surface area contributed by atoms with E-state index < -0.39 is 0 Å². The van der Waals surface area contributed by atoms with Crippen molar-refractivity contribution in [3.05, 3.63) is 34.6 Å². The first-order valence-corrected chi connectivity index (χ1v) is 11.9. The van der Waals surface area contributed by atoms with Crippen LogP contribution in [0.4, 0.5) is 0 Å². The molecule has 1 aromatic carbocycles. The minimum absolute atomic E-state index is 0.0557. The highest BCUT2D eigenvalue weighted by Crippen LogP contribution is 2.25. The zero-order valence-corrected chi connectivity index (χ0v) is 19.3. The summed E-state index contributed by atoms with van der Waals surface area (Å²) in [6.07, 6.45) is 4.16. The van der Waals surface area contributed by atoms with Gasteiger partial charge in [0.05, 0.1) is 22.8 Å². The molecule has 1 fully saturated rings. The van der Waals surface area contributed by atoms with Crippen molar-refractivity contribution in [3.63, 3.8) is 0 Å². The van der Waals surface area contributed by atoms with Crippen LogP contribution in [-0.4, -0.2) is 50.9 Å². The van der Waals surface area contributed by atoms with Crippen LogP contribution >= 0.6 is 11.8 Å².